The third-order valence-corrected chi connectivity index (χ3v) is 4.09. The number of anilines is 3. The van der Waals surface area contributed by atoms with Gasteiger partial charge in [0.05, 0.1) is 16.9 Å². The molecule has 0 spiro atoms. The van der Waals surface area contributed by atoms with Crippen molar-refractivity contribution in [3.05, 3.63) is 83.8 Å². The van der Waals surface area contributed by atoms with Crippen LogP contribution in [-0.4, -0.2) is 15.1 Å². The number of halogens is 2. The first-order valence-corrected chi connectivity index (χ1v) is 8.42. The van der Waals surface area contributed by atoms with E-state index in [-0.39, 0.29) is 5.69 Å². The normalized spacial score (nSPS) is 10.8. The van der Waals surface area contributed by atoms with E-state index < -0.39 is 11.6 Å². The fourth-order valence-electron chi connectivity index (χ4n) is 2.70. The Morgan fingerprint density at radius 2 is 1.93 bits per heavy atom. The molecule has 3 heterocycles. The molecule has 0 atom stereocenters. The highest BCUT2D eigenvalue weighted by Crippen LogP contribution is 2.25. The Bertz CT molecular complexity index is 1110. The maximum absolute atomic E-state index is 13.7. The number of nitrogens with two attached hydrogens (primary N) is 1. The van der Waals surface area contributed by atoms with E-state index in [4.69, 9.17) is 10.3 Å². The van der Waals surface area contributed by atoms with Crippen LogP contribution in [0.25, 0.3) is 11.3 Å². The molecule has 0 bridgehead atoms. The van der Waals surface area contributed by atoms with Crippen molar-refractivity contribution in [3.8, 4) is 11.3 Å². The van der Waals surface area contributed by atoms with Crippen molar-refractivity contribution in [2.45, 2.75) is 6.42 Å². The Kier molecular flexibility index (Phi) is 4.67. The fraction of sp³-hybridized carbons (Fsp3) is 0.0500. The molecule has 0 amide bonds. The predicted molar refractivity (Wildman–Crippen MR) is 101 cm³/mol. The lowest BCUT2D eigenvalue weighted by atomic mass is 10.1. The third-order valence-electron chi connectivity index (χ3n) is 4.09. The molecule has 0 saturated carbocycles. The summed E-state index contributed by atoms with van der Waals surface area (Å²) in [6.45, 7) is 0. The van der Waals surface area contributed by atoms with Gasteiger partial charge in [0, 0.05) is 24.9 Å². The van der Waals surface area contributed by atoms with Gasteiger partial charge in [0.25, 0.3) is 0 Å². The molecule has 0 aliphatic rings. The van der Waals surface area contributed by atoms with E-state index in [0.29, 0.717) is 35.1 Å². The molecular formula is C20H15F2N5O. The monoisotopic (exact) mass is 379 g/mol. The van der Waals surface area contributed by atoms with Crippen molar-refractivity contribution in [3.63, 3.8) is 0 Å². The Morgan fingerprint density at radius 1 is 1.04 bits per heavy atom. The van der Waals surface area contributed by atoms with Gasteiger partial charge < -0.3 is 15.6 Å². The number of nitrogens with zero attached hydrogens (tertiary/aromatic N) is 3. The van der Waals surface area contributed by atoms with E-state index in [2.05, 4.69) is 20.4 Å². The first kappa shape index (κ1) is 17.6. The third kappa shape index (κ3) is 3.66. The van der Waals surface area contributed by atoms with Crippen molar-refractivity contribution in [1.82, 2.24) is 15.1 Å². The Labute approximate surface area is 159 Å². The number of hydrogen-bond donors (Lipinski definition) is 2. The van der Waals surface area contributed by atoms with Crippen LogP contribution in [0.4, 0.5) is 26.1 Å². The van der Waals surface area contributed by atoms with E-state index >= 15 is 0 Å². The maximum atomic E-state index is 13.7. The SMILES string of the molecule is Nc1ncccc1-c1cc(Cc2ccc(Nc3cccc(F)c3F)nc2)no1. The van der Waals surface area contributed by atoms with Gasteiger partial charge in [0.1, 0.15) is 11.6 Å². The van der Waals surface area contributed by atoms with Crippen LogP contribution in [0.3, 0.4) is 0 Å². The number of nitrogens with one attached hydrogen (secondary N) is 1. The number of hydrogen-bond acceptors (Lipinski definition) is 6. The molecule has 140 valence electrons. The molecule has 0 saturated heterocycles. The molecule has 0 unspecified atom stereocenters. The van der Waals surface area contributed by atoms with Gasteiger partial charge in [0.15, 0.2) is 17.4 Å². The van der Waals surface area contributed by atoms with Gasteiger partial charge in [-0.2, -0.15) is 0 Å². The number of pyridine rings is 2. The minimum atomic E-state index is -0.946. The summed E-state index contributed by atoms with van der Waals surface area (Å²) in [6.07, 6.45) is 3.73. The molecule has 0 radical (unpaired) electrons. The maximum Gasteiger partial charge on any atom is 0.182 e. The van der Waals surface area contributed by atoms with Crippen molar-refractivity contribution in [1.29, 1.82) is 0 Å². The van der Waals surface area contributed by atoms with Gasteiger partial charge in [-0.05, 0) is 35.9 Å². The summed E-state index contributed by atoms with van der Waals surface area (Å²) in [7, 11) is 0. The van der Waals surface area contributed by atoms with Crippen LogP contribution in [0.1, 0.15) is 11.3 Å². The summed E-state index contributed by atoms with van der Waals surface area (Å²) in [5.74, 6) is -0.562. The average Bonchev–Trinajstić information content (AvgIpc) is 3.15. The molecule has 0 aliphatic heterocycles. The van der Waals surface area contributed by atoms with Gasteiger partial charge in [0.2, 0.25) is 0 Å². The summed E-state index contributed by atoms with van der Waals surface area (Å²) in [5, 5.41) is 6.80. The molecule has 0 aliphatic carbocycles. The van der Waals surface area contributed by atoms with Crippen molar-refractivity contribution in [2.24, 2.45) is 0 Å². The van der Waals surface area contributed by atoms with Crippen molar-refractivity contribution < 1.29 is 13.3 Å². The summed E-state index contributed by atoms with van der Waals surface area (Å²) >= 11 is 0. The van der Waals surface area contributed by atoms with E-state index in [9.17, 15) is 8.78 Å². The number of benzene rings is 1. The molecule has 4 aromatic rings. The lowest BCUT2D eigenvalue weighted by Gasteiger charge is -2.07. The quantitative estimate of drug-likeness (QED) is 0.537. The van der Waals surface area contributed by atoms with Crippen LogP contribution in [0.5, 0.6) is 0 Å². The second-order valence-electron chi connectivity index (χ2n) is 6.07. The van der Waals surface area contributed by atoms with Crippen molar-refractivity contribution >= 4 is 17.3 Å². The summed E-state index contributed by atoms with van der Waals surface area (Å²) in [5.41, 5.74) is 8.13. The highest BCUT2D eigenvalue weighted by molar-refractivity contribution is 5.69. The topological polar surface area (TPSA) is 89.9 Å². The zero-order valence-corrected chi connectivity index (χ0v) is 14.6. The molecule has 3 aromatic heterocycles. The Morgan fingerprint density at radius 3 is 2.71 bits per heavy atom. The highest BCUT2D eigenvalue weighted by atomic mass is 19.2. The lowest BCUT2D eigenvalue weighted by Crippen LogP contribution is -1.99. The number of aromatic nitrogens is 3. The minimum Gasteiger partial charge on any atom is -0.383 e. The lowest BCUT2D eigenvalue weighted by molar-refractivity contribution is 0.425. The van der Waals surface area contributed by atoms with Crippen LogP contribution < -0.4 is 11.1 Å². The molecule has 6 nitrogen and oxygen atoms in total. The molecule has 0 fully saturated rings. The first-order chi connectivity index (χ1) is 13.6. The van der Waals surface area contributed by atoms with Gasteiger partial charge in [-0.3, -0.25) is 0 Å². The van der Waals surface area contributed by atoms with E-state index in [1.165, 1.54) is 12.1 Å². The van der Waals surface area contributed by atoms with E-state index in [1.54, 1.807) is 36.7 Å². The highest BCUT2D eigenvalue weighted by Gasteiger charge is 2.11. The van der Waals surface area contributed by atoms with Gasteiger partial charge in [-0.15, -0.1) is 0 Å². The van der Waals surface area contributed by atoms with Crippen molar-refractivity contribution in [2.75, 3.05) is 11.1 Å². The molecule has 28 heavy (non-hydrogen) atoms. The largest absolute Gasteiger partial charge is 0.383 e. The van der Waals surface area contributed by atoms with Gasteiger partial charge in [-0.25, -0.2) is 18.7 Å². The number of rotatable bonds is 5. The van der Waals surface area contributed by atoms with Crippen LogP contribution in [0, 0.1) is 11.6 Å². The zero-order chi connectivity index (χ0) is 19.5. The predicted octanol–water partition coefficient (Wildman–Crippen LogP) is 4.33. The zero-order valence-electron chi connectivity index (χ0n) is 14.6. The standard InChI is InChI=1S/C20H15F2N5O/c21-15-4-1-5-16(19(15)22)26-18-7-6-12(11-25-18)9-13-10-17(28-27-13)14-3-2-8-24-20(14)23/h1-8,10-11H,9H2,(H2,23,24)(H,25,26). The molecule has 4 rings (SSSR count). The molecular weight excluding hydrogens is 364 g/mol. The van der Waals surface area contributed by atoms with Crippen LogP contribution in [0.15, 0.2) is 65.4 Å². The smallest absolute Gasteiger partial charge is 0.182 e. The molecule has 8 heteroatoms. The van der Waals surface area contributed by atoms with Crippen LogP contribution in [0.2, 0.25) is 0 Å². The minimum absolute atomic E-state index is 0.0236. The molecule has 3 N–H and O–H groups in total. The van der Waals surface area contributed by atoms with Gasteiger partial charge in [-0.1, -0.05) is 17.3 Å². The average molecular weight is 379 g/mol. The second kappa shape index (κ2) is 7.43. The van der Waals surface area contributed by atoms with Crippen LogP contribution in [-0.2, 0) is 6.42 Å². The van der Waals surface area contributed by atoms with Crippen LogP contribution >= 0.6 is 0 Å². The second-order valence-corrected chi connectivity index (χ2v) is 6.07. The van der Waals surface area contributed by atoms with Gasteiger partial charge >= 0.3 is 0 Å². The first-order valence-electron chi connectivity index (χ1n) is 8.42. The summed E-state index contributed by atoms with van der Waals surface area (Å²) in [4.78, 5) is 8.26. The number of nitrogen functional groups attached to an aromatic ring is 1. The Hall–Kier alpha value is -3.81. The van der Waals surface area contributed by atoms with E-state index in [1.807, 2.05) is 6.07 Å². The summed E-state index contributed by atoms with van der Waals surface area (Å²) in [6, 6.07) is 12.8. The molecule has 1 aromatic carbocycles. The fourth-order valence-corrected chi connectivity index (χ4v) is 2.70. The van der Waals surface area contributed by atoms with E-state index in [0.717, 1.165) is 11.6 Å². The Balaban J connectivity index is 1.47. The summed E-state index contributed by atoms with van der Waals surface area (Å²) < 4.78 is 32.4.